The summed E-state index contributed by atoms with van der Waals surface area (Å²) >= 11 is 6.20. The van der Waals surface area contributed by atoms with Crippen molar-refractivity contribution in [3.8, 4) is 5.75 Å². The molecule has 154 valence electrons. The van der Waals surface area contributed by atoms with Gasteiger partial charge in [-0.2, -0.15) is 0 Å². The first kappa shape index (κ1) is 19.4. The van der Waals surface area contributed by atoms with Gasteiger partial charge in [0.25, 0.3) is 0 Å². The summed E-state index contributed by atoms with van der Waals surface area (Å²) in [4.78, 5) is 16.6. The molecule has 0 aliphatic carbocycles. The Balaban J connectivity index is 1.65. The van der Waals surface area contributed by atoms with Crippen LogP contribution in [0.15, 0.2) is 73.1 Å². The number of carbonyl (C=O) groups is 1. The van der Waals surface area contributed by atoms with Crippen LogP contribution in [0.4, 0.5) is 0 Å². The predicted molar refractivity (Wildman–Crippen MR) is 120 cm³/mol. The molecule has 31 heavy (non-hydrogen) atoms. The first-order valence-corrected chi connectivity index (χ1v) is 10.3. The molecule has 1 aliphatic heterocycles. The molecule has 1 aliphatic rings. The number of nitrogens with zero attached hydrogens (tertiary/aromatic N) is 2. The Hall–Kier alpha value is -3.57. The zero-order valence-corrected chi connectivity index (χ0v) is 17.6. The molecule has 0 N–H and O–H groups in total. The van der Waals surface area contributed by atoms with E-state index in [2.05, 4.69) is 23.2 Å². The van der Waals surface area contributed by atoms with E-state index in [4.69, 9.17) is 21.1 Å². The lowest BCUT2D eigenvalue weighted by atomic mass is 9.93. The third kappa shape index (κ3) is 3.57. The first-order valence-electron chi connectivity index (χ1n) is 9.88. The molecule has 3 aromatic carbocycles. The number of hydrogen-bond donors (Lipinski definition) is 0. The largest absolute Gasteiger partial charge is 0.488 e. The Labute approximate surface area is 184 Å². The first-order chi connectivity index (χ1) is 15.1. The molecule has 0 saturated heterocycles. The highest BCUT2D eigenvalue weighted by Crippen LogP contribution is 2.37. The molecular formula is C25H19ClN2O3. The molecule has 0 atom stereocenters. The summed E-state index contributed by atoms with van der Waals surface area (Å²) in [7, 11) is 1.38. The molecule has 0 saturated carbocycles. The number of methoxy groups -OCH3 is 1. The van der Waals surface area contributed by atoms with E-state index in [1.165, 1.54) is 7.11 Å². The maximum absolute atomic E-state index is 12.2. The highest BCUT2D eigenvalue weighted by Gasteiger charge is 2.21. The van der Waals surface area contributed by atoms with Crippen molar-refractivity contribution >= 4 is 34.2 Å². The molecule has 0 bridgehead atoms. The van der Waals surface area contributed by atoms with Crippen LogP contribution in [0.5, 0.6) is 5.75 Å². The number of esters is 1. The van der Waals surface area contributed by atoms with Crippen molar-refractivity contribution < 1.29 is 14.3 Å². The van der Waals surface area contributed by atoms with Crippen molar-refractivity contribution in [3.63, 3.8) is 0 Å². The van der Waals surface area contributed by atoms with Gasteiger partial charge in [-0.1, -0.05) is 41.9 Å². The third-order valence-electron chi connectivity index (χ3n) is 5.46. The monoisotopic (exact) mass is 430 g/mol. The average molecular weight is 431 g/mol. The summed E-state index contributed by atoms with van der Waals surface area (Å²) in [5, 5.41) is 0.670. The van der Waals surface area contributed by atoms with E-state index in [1.807, 2.05) is 53.4 Å². The van der Waals surface area contributed by atoms with E-state index in [0.717, 1.165) is 39.0 Å². The average Bonchev–Trinajstić information content (AvgIpc) is 3.12. The highest BCUT2D eigenvalue weighted by atomic mass is 35.5. The predicted octanol–water partition coefficient (Wildman–Crippen LogP) is 5.50. The number of ether oxygens (including phenoxy) is 2. The fourth-order valence-electron chi connectivity index (χ4n) is 3.91. The molecular weight excluding hydrogens is 412 g/mol. The van der Waals surface area contributed by atoms with Crippen LogP contribution >= 0.6 is 11.6 Å². The van der Waals surface area contributed by atoms with Crippen LogP contribution in [0.2, 0.25) is 5.02 Å². The van der Waals surface area contributed by atoms with Gasteiger partial charge in [0.2, 0.25) is 0 Å². The molecule has 0 spiro atoms. The summed E-state index contributed by atoms with van der Waals surface area (Å²) in [6.07, 6.45) is 3.94. The number of benzene rings is 3. The van der Waals surface area contributed by atoms with E-state index in [-0.39, 0.29) is 5.97 Å². The number of hydrogen-bond acceptors (Lipinski definition) is 4. The van der Waals surface area contributed by atoms with Gasteiger partial charge in [-0.25, -0.2) is 9.78 Å². The van der Waals surface area contributed by atoms with Crippen molar-refractivity contribution in [1.29, 1.82) is 0 Å². The number of aromatic nitrogens is 2. The molecule has 1 aromatic heterocycles. The SMILES string of the molecule is COC(=O)c1ccc2c(c1)/C(=C/Cn1cnc3ccc(Cl)cc31)c1ccccc1CO2. The van der Waals surface area contributed by atoms with Crippen molar-refractivity contribution in [2.24, 2.45) is 0 Å². The Morgan fingerprint density at radius 1 is 1.16 bits per heavy atom. The van der Waals surface area contributed by atoms with Gasteiger partial charge in [0, 0.05) is 17.1 Å². The Morgan fingerprint density at radius 2 is 2.03 bits per heavy atom. The molecule has 5 rings (SSSR count). The summed E-state index contributed by atoms with van der Waals surface area (Å²) in [6.45, 7) is 1.05. The van der Waals surface area contributed by atoms with E-state index in [0.29, 0.717) is 23.7 Å². The van der Waals surface area contributed by atoms with Crippen molar-refractivity contribution in [2.45, 2.75) is 13.2 Å². The number of halogens is 1. The summed E-state index contributed by atoms with van der Waals surface area (Å²) in [6, 6.07) is 19.2. The van der Waals surface area contributed by atoms with Crippen LogP contribution in [0, 0.1) is 0 Å². The van der Waals surface area contributed by atoms with E-state index >= 15 is 0 Å². The quantitative estimate of drug-likeness (QED) is 0.403. The summed E-state index contributed by atoms with van der Waals surface area (Å²) in [5.74, 6) is 0.351. The second kappa shape index (κ2) is 7.93. The van der Waals surface area contributed by atoms with Gasteiger partial charge in [0.1, 0.15) is 12.4 Å². The van der Waals surface area contributed by atoms with Crippen LogP contribution in [0.25, 0.3) is 16.6 Å². The second-order valence-electron chi connectivity index (χ2n) is 7.30. The van der Waals surface area contributed by atoms with Crippen molar-refractivity contribution in [3.05, 3.63) is 100 Å². The van der Waals surface area contributed by atoms with Gasteiger partial charge in [-0.05, 0) is 53.1 Å². The van der Waals surface area contributed by atoms with Crippen LogP contribution < -0.4 is 4.74 Å². The van der Waals surface area contributed by atoms with Crippen LogP contribution in [-0.2, 0) is 17.9 Å². The number of fused-ring (bicyclic) bond motifs is 3. The molecule has 5 nitrogen and oxygen atoms in total. The summed E-state index contributed by atoms with van der Waals surface area (Å²) in [5.41, 5.74) is 6.35. The standard InChI is InChI=1S/C25H19ClN2O3/c1-30-25(29)16-6-9-24-21(12-16)20(19-5-3-2-4-17(19)14-31-24)10-11-28-15-27-22-8-7-18(26)13-23(22)28/h2-10,12-13,15H,11,14H2,1H3/b20-10+. The maximum Gasteiger partial charge on any atom is 0.337 e. The number of rotatable bonds is 3. The third-order valence-corrected chi connectivity index (χ3v) is 5.69. The lowest BCUT2D eigenvalue weighted by Gasteiger charge is -2.12. The van der Waals surface area contributed by atoms with Crippen LogP contribution in [0.1, 0.15) is 27.0 Å². The molecule has 2 heterocycles. The minimum absolute atomic E-state index is 0.380. The van der Waals surface area contributed by atoms with Crippen molar-refractivity contribution in [1.82, 2.24) is 9.55 Å². The summed E-state index contributed by atoms with van der Waals surface area (Å²) < 4.78 is 13.0. The van der Waals surface area contributed by atoms with Gasteiger partial charge in [-0.15, -0.1) is 0 Å². The van der Waals surface area contributed by atoms with E-state index in [1.54, 1.807) is 6.07 Å². The zero-order chi connectivity index (χ0) is 21.4. The van der Waals surface area contributed by atoms with Gasteiger partial charge in [-0.3, -0.25) is 0 Å². The normalized spacial score (nSPS) is 13.9. The Morgan fingerprint density at radius 3 is 2.90 bits per heavy atom. The zero-order valence-electron chi connectivity index (χ0n) is 16.8. The molecule has 0 amide bonds. The van der Waals surface area contributed by atoms with Crippen LogP contribution in [-0.4, -0.2) is 22.6 Å². The smallest absolute Gasteiger partial charge is 0.337 e. The minimum atomic E-state index is -0.380. The Kier molecular flexibility index (Phi) is 4.96. The lowest BCUT2D eigenvalue weighted by molar-refractivity contribution is 0.0600. The second-order valence-corrected chi connectivity index (χ2v) is 7.73. The van der Waals surface area contributed by atoms with Gasteiger partial charge in [0.05, 0.1) is 30.0 Å². The Bertz CT molecular complexity index is 1340. The molecule has 0 unspecified atom stereocenters. The van der Waals surface area contributed by atoms with E-state index in [9.17, 15) is 4.79 Å². The fourth-order valence-corrected chi connectivity index (χ4v) is 4.07. The number of allylic oxidation sites excluding steroid dienone is 1. The minimum Gasteiger partial charge on any atom is -0.488 e. The van der Waals surface area contributed by atoms with Crippen LogP contribution in [0.3, 0.4) is 0 Å². The lowest BCUT2D eigenvalue weighted by Crippen LogP contribution is -2.03. The van der Waals surface area contributed by atoms with E-state index < -0.39 is 0 Å². The molecule has 6 heteroatoms. The van der Waals surface area contributed by atoms with Gasteiger partial charge in [0.15, 0.2) is 0 Å². The molecule has 0 radical (unpaired) electrons. The fraction of sp³-hybridized carbons (Fsp3) is 0.120. The van der Waals surface area contributed by atoms with Gasteiger partial charge < -0.3 is 14.0 Å². The molecule has 0 fully saturated rings. The molecule has 4 aromatic rings. The number of imidazole rings is 1. The highest BCUT2D eigenvalue weighted by molar-refractivity contribution is 6.31. The topological polar surface area (TPSA) is 53.4 Å². The maximum atomic E-state index is 12.2. The van der Waals surface area contributed by atoms with Crippen molar-refractivity contribution in [2.75, 3.05) is 7.11 Å². The number of carbonyl (C=O) groups excluding carboxylic acids is 1. The van der Waals surface area contributed by atoms with Gasteiger partial charge >= 0.3 is 5.97 Å².